The Balaban J connectivity index is 1.66. The normalized spacial score (nSPS) is 20.4. The average Bonchev–Trinajstić information content (AvgIpc) is 2.96. The molecule has 2 aliphatic heterocycles. The minimum absolute atomic E-state index is 0.104. The molecule has 2 N–H and O–H groups in total. The molecular formula is C16H23N4O2+. The molecule has 0 aliphatic carbocycles. The van der Waals surface area contributed by atoms with Gasteiger partial charge in [0.05, 0.1) is 33.2 Å². The van der Waals surface area contributed by atoms with Gasteiger partial charge in [-0.3, -0.25) is 15.0 Å². The molecule has 0 unspecified atom stereocenters. The SMILES string of the molecule is C[NH+]1CCN(NC(=O)c2cccc(N3CCCC3=O)c2)CC1. The number of nitrogens with one attached hydrogen (secondary N) is 2. The highest BCUT2D eigenvalue weighted by Gasteiger charge is 2.23. The molecule has 22 heavy (non-hydrogen) atoms. The molecule has 2 amide bonds. The van der Waals surface area contributed by atoms with Crippen LogP contribution in [0, 0.1) is 0 Å². The van der Waals surface area contributed by atoms with E-state index in [1.807, 2.05) is 17.1 Å². The summed E-state index contributed by atoms with van der Waals surface area (Å²) in [5, 5.41) is 1.98. The zero-order valence-electron chi connectivity index (χ0n) is 13.0. The van der Waals surface area contributed by atoms with Crippen molar-refractivity contribution < 1.29 is 14.5 Å². The highest BCUT2D eigenvalue weighted by molar-refractivity contribution is 5.98. The molecular weight excluding hydrogens is 280 g/mol. The van der Waals surface area contributed by atoms with E-state index in [1.165, 1.54) is 4.90 Å². The van der Waals surface area contributed by atoms with E-state index in [-0.39, 0.29) is 11.8 Å². The minimum Gasteiger partial charge on any atom is -0.335 e. The highest BCUT2D eigenvalue weighted by atomic mass is 16.2. The summed E-state index contributed by atoms with van der Waals surface area (Å²) in [7, 11) is 2.16. The first kappa shape index (κ1) is 15.0. The summed E-state index contributed by atoms with van der Waals surface area (Å²) in [6.45, 7) is 4.53. The zero-order valence-corrected chi connectivity index (χ0v) is 13.0. The molecule has 6 nitrogen and oxygen atoms in total. The second-order valence-corrected chi connectivity index (χ2v) is 6.08. The summed E-state index contributed by atoms with van der Waals surface area (Å²) in [4.78, 5) is 27.4. The van der Waals surface area contributed by atoms with E-state index in [4.69, 9.17) is 0 Å². The summed E-state index contributed by atoms with van der Waals surface area (Å²) in [6, 6.07) is 7.32. The van der Waals surface area contributed by atoms with Gasteiger partial charge in [-0.2, -0.15) is 0 Å². The number of piperazine rings is 1. The summed E-state index contributed by atoms with van der Waals surface area (Å²) in [5.41, 5.74) is 4.38. The van der Waals surface area contributed by atoms with Gasteiger partial charge in [-0.25, -0.2) is 5.01 Å². The van der Waals surface area contributed by atoms with Crippen LogP contribution in [0.2, 0.25) is 0 Å². The van der Waals surface area contributed by atoms with Gasteiger partial charge in [-0.1, -0.05) is 6.07 Å². The van der Waals surface area contributed by atoms with E-state index in [0.29, 0.717) is 12.0 Å². The van der Waals surface area contributed by atoms with E-state index in [2.05, 4.69) is 12.5 Å². The minimum atomic E-state index is -0.104. The van der Waals surface area contributed by atoms with Crippen molar-refractivity contribution in [3.8, 4) is 0 Å². The van der Waals surface area contributed by atoms with E-state index in [1.54, 1.807) is 17.0 Å². The maximum absolute atomic E-state index is 12.4. The Kier molecular flexibility index (Phi) is 4.40. The van der Waals surface area contributed by atoms with Crippen molar-refractivity contribution in [3.05, 3.63) is 29.8 Å². The summed E-state index contributed by atoms with van der Waals surface area (Å²) >= 11 is 0. The van der Waals surface area contributed by atoms with Gasteiger partial charge in [-0.05, 0) is 24.6 Å². The summed E-state index contributed by atoms with van der Waals surface area (Å²) in [6.07, 6.45) is 1.49. The molecule has 0 bridgehead atoms. The van der Waals surface area contributed by atoms with Gasteiger partial charge in [0, 0.05) is 24.2 Å². The third-order valence-corrected chi connectivity index (χ3v) is 4.37. The number of carbonyl (C=O) groups is 2. The number of amides is 2. The van der Waals surface area contributed by atoms with Crippen LogP contribution >= 0.6 is 0 Å². The van der Waals surface area contributed by atoms with E-state index in [0.717, 1.165) is 44.8 Å². The van der Waals surface area contributed by atoms with Crippen molar-refractivity contribution in [1.82, 2.24) is 10.4 Å². The Hall–Kier alpha value is -1.92. The molecule has 6 heteroatoms. The molecule has 118 valence electrons. The van der Waals surface area contributed by atoms with Crippen LogP contribution in [-0.2, 0) is 4.79 Å². The lowest BCUT2D eigenvalue weighted by Gasteiger charge is -2.30. The van der Waals surface area contributed by atoms with Crippen LogP contribution < -0.4 is 15.2 Å². The number of rotatable bonds is 3. The first-order chi connectivity index (χ1) is 10.6. The fourth-order valence-electron chi connectivity index (χ4n) is 2.94. The molecule has 1 aromatic carbocycles. The predicted octanol–water partition coefficient (Wildman–Crippen LogP) is -0.711. The standard InChI is InChI=1S/C16H22N4O2/c1-18-8-10-19(11-9-18)17-16(22)13-4-2-5-14(12-13)20-7-3-6-15(20)21/h2,4-5,12H,3,6-11H2,1H3,(H,17,22)/p+1. The van der Waals surface area contributed by atoms with Crippen molar-refractivity contribution in [2.45, 2.75) is 12.8 Å². The van der Waals surface area contributed by atoms with Gasteiger partial charge in [0.15, 0.2) is 0 Å². The molecule has 0 atom stereocenters. The number of carbonyl (C=O) groups excluding carboxylic acids is 2. The van der Waals surface area contributed by atoms with Crippen molar-refractivity contribution in [1.29, 1.82) is 0 Å². The van der Waals surface area contributed by atoms with E-state index < -0.39 is 0 Å². The largest absolute Gasteiger partial charge is 0.335 e. The van der Waals surface area contributed by atoms with Crippen molar-refractivity contribution in [2.75, 3.05) is 44.7 Å². The first-order valence-corrected chi connectivity index (χ1v) is 7.91. The molecule has 1 aromatic rings. The smallest absolute Gasteiger partial charge is 0.265 e. The van der Waals surface area contributed by atoms with Crippen LogP contribution in [0.4, 0.5) is 5.69 Å². The maximum atomic E-state index is 12.4. The van der Waals surface area contributed by atoms with Crippen molar-refractivity contribution in [3.63, 3.8) is 0 Å². The summed E-state index contributed by atoms with van der Waals surface area (Å²) in [5.74, 6) is 0.0349. The molecule has 2 saturated heterocycles. The number of anilines is 1. The van der Waals surface area contributed by atoms with Crippen molar-refractivity contribution in [2.24, 2.45) is 0 Å². The lowest BCUT2D eigenvalue weighted by atomic mass is 10.2. The van der Waals surface area contributed by atoms with Crippen LogP contribution in [0.3, 0.4) is 0 Å². The van der Waals surface area contributed by atoms with Gasteiger partial charge in [0.25, 0.3) is 5.91 Å². The quantitative estimate of drug-likeness (QED) is 0.775. The highest BCUT2D eigenvalue weighted by Crippen LogP contribution is 2.22. The zero-order chi connectivity index (χ0) is 15.5. The monoisotopic (exact) mass is 303 g/mol. The average molecular weight is 303 g/mol. The third kappa shape index (κ3) is 3.28. The lowest BCUT2D eigenvalue weighted by Crippen LogP contribution is -3.12. The van der Waals surface area contributed by atoms with Crippen molar-refractivity contribution >= 4 is 17.5 Å². The molecule has 0 spiro atoms. The van der Waals surface area contributed by atoms with E-state index in [9.17, 15) is 9.59 Å². The number of benzene rings is 1. The Morgan fingerprint density at radius 2 is 2.00 bits per heavy atom. The Bertz CT molecular complexity index is 567. The van der Waals surface area contributed by atoms with Crippen LogP contribution in [0.1, 0.15) is 23.2 Å². The van der Waals surface area contributed by atoms with Gasteiger partial charge in [-0.15, -0.1) is 0 Å². The second-order valence-electron chi connectivity index (χ2n) is 6.08. The van der Waals surface area contributed by atoms with Gasteiger partial charge in [0.2, 0.25) is 5.91 Å². The second kappa shape index (κ2) is 6.46. The first-order valence-electron chi connectivity index (χ1n) is 7.91. The topological polar surface area (TPSA) is 57.1 Å². The third-order valence-electron chi connectivity index (χ3n) is 4.37. The number of likely N-dealkylation sites (N-methyl/N-ethyl adjacent to an activating group) is 1. The molecule has 2 fully saturated rings. The molecule has 0 saturated carbocycles. The number of hydrogen-bond donors (Lipinski definition) is 2. The van der Waals surface area contributed by atoms with Gasteiger partial charge >= 0.3 is 0 Å². The molecule has 2 heterocycles. The fraction of sp³-hybridized carbons (Fsp3) is 0.500. The number of hydrazine groups is 1. The van der Waals surface area contributed by atoms with Crippen LogP contribution in [-0.4, -0.2) is 56.6 Å². The Morgan fingerprint density at radius 3 is 2.68 bits per heavy atom. The van der Waals surface area contributed by atoms with Gasteiger partial charge < -0.3 is 9.80 Å². The predicted molar refractivity (Wildman–Crippen MR) is 83.7 cm³/mol. The molecule has 0 radical (unpaired) electrons. The molecule has 3 rings (SSSR count). The van der Waals surface area contributed by atoms with Crippen LogP contribution in [0.5, 0.6) is 0 Å². The van der Waals surface area contributed by atoms with Crippen LogP contribution in [0.25, 0.3) is 0 Å². The Morgan fingerprint density at radius 1 is 1.23 bits per heavy atom. The molecule has 2 aliphatic rings. The Labute approximate surface area is 130 Å². The number of nitrogens with zero attached hydrogens (tertiary/aromatic N) is 2. The van der Waals surface area contributed by atoms with E-state index >= 15 is 0 Å². The lowest BCUT2D eigenvalue weighted by molar-refractivity contribution is -0.884. The maximum Gasteiger partial charge on any atom is 0.265 e. The van der Waals surface area contributed by atoms with Gasteiger partial charge in [0.1, 0.15) is 0 Å². The number of hydrogen-bond acceptors (Lipinski definition) is 3. The van der Waals surface area contributed by atoms with Crippen LogP contribution in [0.15, 0.2) is 24.3 Å². The fourth-order valence-corrected chi connectivity index (χ4v) is 2.94. The number of quaternary nitrogens is 1. The summed E-state index contributed by atoms with van der Waals surface area (Å²) < 4.78 is 0. The molecule has 0 aromatic heterocycles.